The average Bonchev–Trinajstić information content (AvgIpc) is 3.41. The van der Waals surface area contributed by atoms with Gasteiger partial charge in [0.1, 0.15) is 16.7 Å². The van der Waals surface area contributed by atoms with Crippen molar-refractivity contribution in [3.63, 3.8) is 0 Å². The lowest BCUT2D eigenvalue weighted by atomic mass is 10.1. The lowest BCUT2D eigenvalue weighted by molar-refractivity contribution is -0.121. The minimum Gasteiger partial charge on any atom is -0.489 e. The number of nitrogens with zero attached hydrogens (tertiary/aromatic N) is 3. The molecule has 0 radical (unpaired) electrons. The zero-order valence-electron chi connectivity index (χ0n) is 18.4. The fourth-order valence-electron chi connectivity index (χ4n) is 3.57. The van der Waals surface area contributed by atoms with E-state index in [0.29, 0.717) is 15.8 Å². The second-order valence-electron chi connectivity index (χ2n) is 7.75. The molecule has 1 aliphatic heterocycles. The second-order valence-corrected chi connectivity index (χ2v) is 9.43. The number of likely N-dealkylation sites (N-methyl/N-ethyl adjacent to an activating group) is 1. The summed E-state index contributed by atoms with van der Waals surface area (Å²) in [5.74, 6) is 0.682. The monoisotopic (exact) mass is 483 g/mol. The Kier molecular flexibility index (Phi) is 6.29. The van der Waals surface area contributed by atoms with Crippen molar-refractivity contribution in [3.8, 4) is 22.7 Å². The van der Waals surface area contributed by atoms with E-state index in [2.05, 4.69) is 0 Å². The molecule has 0 bridgehead atoms. The van der Waals surface area contributed by atoms with Gasteiger partial charge >= 0.3 is 0 Å². The van der Waals surface area contributed by atoms with Crippen LogP contribution in [0.4, 0.5) is 0 Å². The highest BCUT2D eigenvalue weighted by Gasteiger charge is 2.29. The number of aromatic nitrogens is 2. The molecular formula is C27H21N3O2S2. The average molecular weight is 484 g/mol. The molecular weight excluding hydrogens is 462 g/mol. The van der Waals surface area contributed by atoms with E-state index in [4.69, 9.17) is 22.1 Å². The quantitative estimate of drug-likeness (QED) is 0.251. The highest BCUT2D eigenvalue weighted by Crippen LogP contribution is 2.34. The van der Waals surface area contributed by atoms with Gasteiger partial charge in [0.15, 0.2) is 0 Å². The molecule has 0 unspecified atom stereocenters. The molecule has 2 heterocycles. The first-order chi connectivity index (χ1) is 16.6. The van der Waals surface area contributed by atoms with Crippen LogP contribution in [0, 0.1) is 0 Å². The topological polar surface area (TPSA) is 47.4 Å². The predicted molar refractivity (Wildman–Crippen MR) is 141 cm³/mol. The van der Waals surface area contributed by atoms with Crippen molar-refractivity contribution < 1.29 is 9.53 Å². The van der Waals surface area contributed by atoms with E-state index < -0.39 is 0 Å². The second kappa shape index (κ2) is 9.67. The molecule has 5 nitrogen and oxygen atoms in total. The number of amides is 1. The summed E-state index contributed by atoms with van der Waals surface area (Å²) < 4.78 is 8.30. The molecule has 34 heavy (non-hydrogen) atoms. The van der Waals surface area contributed by atoms with E-state index in [1.54, 1.807) is 7.05 Å². The molecule has 168 valence electrons. The number of rotatable bonds is 6. The van der Waals surface area contributed by atoms with Crippen LogP contribution in [-0.4, -0.2) is 32.0 Å². The Bertz CT molecular complexity index is 1360. The summed E-state index contributed by atoms with van der Waals surface area (Å²) >= 11 is 6.59. The predicted octanol–water partition coefficient (Wildman–Crippen LogP) is 5.95. The Hall–Kier alpha value is -3.68. The van der Waals surface area contributed by atoms with Crippen LogP contribution in [0.1, 0.15) is 11.1 Å². The van der Waals surface area contributed by atoms with Crippen molar-refractivity contribution in [1.29, 1.82) is 0 Å². The lowest BCUT2D eigenvalue weighted by Crippen LogP contribution is -2.22. The van der Waals surface area contributed by atoms with Crippen LogP contribution in [0.25, 0.3) is 23.0 Å². The van der Waals surface area contributed by atoms with Crippen LogP contribution in [-0.2, 0) is 11.4 Å². The standard InChI is InChI=1S/C27H21N3O2S2/c1-29-26(31)24(34-27(29)33)16-21-17-30(22-10-6-3-7-11-22)28-25(21)20-12-14-23(15-13-20)32-18-19-8-4-2-5-9-19/h2-17H,18H2,1H3. The third-order valence-electron chi connectivity index (χ3n) is 5.41. The Morgan fingerprint density at radius 1 is 0.971 bits per heavy atom. The first-order valence-corrected chi connectivity index (χ1v) is 11.9. The molecule has 5 rings (SSSR count). The number of carbonyl (C=O) groups is 1. The molecule has 1 aromatic heterocycles. The summed E-state index contributed by atoms with van der Waals surface area (Å²) in [7, 11) is 1.70. The van der Waals surface area contributed by atoms with Crippen molar-refractivity contribution in [2.75, 3.05) is 7.05 Å². The van der Waals surface area contributed by atoms with E-state index in [9.17, 15) is 4.79 Å². The number of benzene rings is 3. The number of thioether (sulfide) groups is 1. The van der Waals surface area contributed by atoms with Gasteiger partial charge in [-0.1, -0.05) is 72.5 Å². The fraction of sp³-hybridized carbons (Fsp3) is 0.0741. The summed E-state index contributed by atoms with van der Waals surface area (Å²) in [5.41, 5.74) is 4.61. The third kappa shape index (κ3) is 4.66. The molecule has 0 atom stereocenters. The van der Waals surface area contributed by atoms with Crippen LogP contribution in [0.5, 0.6) is 5.75 Å². The van der Waals surface area contributed by atoms with Gasteiger partial charge in [-0.2, -0.15) is 5.10 Å². The molecule has 0 spiro atoms. The van der Waals surface area contributed by atoms with Crippen LogP contribution >= 0.6 is 24.0 Å². The molecule has 1 amide bonds. The van der Waals surface area contributed by atoms with Gasteiger partial charge in [-0.25, -0.2) is 4.68 Å². The van der Waals surface area contributed by atoms with Crippen molar-refractivity contribution in [1.82, 2.24) is 14.7 Å². The molecule has 1 saturated heterocycles. The van der Waals surface area contributed by atoms with E-state index >= 15 is 0 Å². The highest BCUT2D eigenvalue weighted by atomic mass is 32.2. The molecule has 1 fully saturated rings. The van der Waals surface area contributed by atoms with Gasteiger partial charge in [0.05, 0.1) is 16.3 Å². The minimum absolute atomic E-state index is 0.0990. The number of carbonyl (C=O) groups excluding carboxylic acids is 1. The van der Waals surface area contributed by atoms with Gasteiger partial charge in [0, 0.05) is 24.4 Å². The fourth-order valence-corrected chi connectivity index (χ4v) is 4.74. The van der Waals surface area contributed by atoms with Crippen LogP contribution < -0.4 is 4.74 Å². The maximum atomic E-state index is 12.6. The van der Waals surface area contributed by atoms with Crippen LogP contribution in [0.15, 0.2) is 96.0 Å². The SMILES string of the molecule is CN1C(=O)C(=Cc2cn(-c3ccccc3)nc2-c2ccc(OCc3ccccc3)cc2)SC1=S. The van der Waals surface area contributed by atoms with Gasteiger partial charge in [-0.3, -0.25) is 9.69 Å². The minimum atomic E-state index is -0.0990. The highest BCUT2D eigenvalue weighted by molar-refractivity contribution is 8.26. The molecule has 1 aliphatic rings. The smallest absolute Gasteiger partial charge is 0.265 e. The van der Waals surface area contributed by atoms with Crippen LogP contribution in [0.2, 0.25) is 0 Å². The Labute approximate surface area is 207 Å². The van der Waals surface area contributed by atoms with Gasteiger partial charge in [0.25, 0.3) is 5.91 Å². The number of hydrogen-bond donors (Lipinski definition) is 0. The summed E-state index contributed by atoms with van der Waals surface area (Å²) in [5, 5.41) is 4.84. The Morgan fingerprint density at radius 2 is 1.65 bits per heavy atom. The molecule has 0 aliphatic carbocycles. The van der Waals surface area contributed by atoms with Gasteiger partial charge in [-0.15, -0.1) is 0 Å². The number of thiocarbonyl (C=S) groups is 1. The Morgan fingerprint density at radius 3 is 2.29 bits per heavy atom. The normalized spacial score (nSPS) is 14.7. The van der Waals surface area contributed by atoms with E-state index in [1.165, 1.54) is 16.7 Å². The van der Waals surface area contributed by atoms with E-state index in [1.807, 2.05) is 102 Å². The van der Waals surface area contributed by atoms with E-state index in [-0.39, 0.29) is 5.91 Å². The van der Waals surface area contributed by atoms with Crippen molar-refractivity contribution >= 4 is 40.3 Å². The summed E-state index contributed by atoms with van der Waals surface area (Å²) in [6.07, 6.45) is 3.80. The summed E-state index contributed by atoms with van der Waals surface area (Å²) in [4.78, 5) is 14.7. The molecule has 0 N–H and O–H groups in total. The number of ether oxygens (including phenoxy) is 1. The van der Waals surface area contributed by atoms with Gasteiger partial charge < -0.3 is 4.74 Å². The van der Waals surface area contributed by atoms with E-state index in [0.717, 1.165) is 33.8 Å². The zero-order valence-corrected chi connectivity index (χ0v) is 20.1. The van der Waals surface area contributed by atoms with Gasteiger partial charge in [0.2, 0.25) is 0 Å². The van der Waals surface area contributed by atoms with Crippen molar-refractivity contribution in [3.05, 3.63) is 107 Å². The first-order valence-electron chi connectivity index (χ1n) is 10.7. The first kappa shape index (κ1) is 22.1. The maximum Gasteiger partial charge on any atom is 0.265 e. The summed E-state index contributed by atoms with van der Waals surface area (Å²) in [6, 6.07) is 27.8. The zero-order chi connectivity index (χ0) is 23.5. The third-order valence-corrected chi connectivity index (χ3v) is 6.90. The molecule has 4 aromatic rings. The number of hydrogen-bond acceptors (Lipinski definition) is 5. The molecule has 7 heteroatoms. The molecule has 0 saturated carbocycles. The maximum absolute atomic E-state index is 12.6. The van der Waals surface area contributed by atoms with Crippen molar-refractivity contribution in [2.24, 2.45) is 0 Å². The van der Waals surface area contributed by atoms with Crippen LogP contribution in [0.3, 0.4) is 0 Å². The number of para-hydroxylation sites is 1. The largest absolute Gasteiger partial charge is 0.489 e. The van der Waals surface area contributed by atoms with Gasteiger partial charge in [-0.05, 0) is 48.0 Å². The molecule has 3 aromatic carbocycles. The lowest BCUT2D eigenvalue weighted by Gasteiger charge is -2.07. The Balaban J connectivity index is 1.47. The van der Waals surface area contributed by atoms with Crippen molar-refractivity contribution in [2.45, 2.75) is 6.61 Å². The summed E-state index contributed by atoms with van der Waals surface area (Å²) in [6.45, 7) is 0.507.